The molecule has 1 unspecified atom stereocenters. The quantitative estimate of drug-likeness (QED) is 0.389. The zero-order chi connectivity index (χ0) is 18.3. The zero-order valence-electron chi connectivity index (χ0n) is 13.9. The number of nitrogens with two attached hydrogens (primary N) is 1. The van der Waals surface area contributed by atoms with Crippen molar-refractivity contribution in [2.75, 3.05) is 13.3 Å². The number of aliphatic hydroxyl groups excluding tert-OH is 3. The minimum atomic E-state index is -1.19. The second-order valence-corrected chi connectivity index (χ2v) is 6.55. The molecule has 140 valence electrons. The number of aliphatic hydroxyl groups is 3. The first kappa shape index (κ1) is 17.2. The summed E-state index contributed by atoms with van der Waals surface area (Å²) in [4.78, 5) is 21.7. The fraction of sp³-hybridized carbons (Fsp3) is 0.600. The van der Waals surface area contributed by atoms with E-state index in [-0.39, 0.29) is 6.67 Å². The van der Waals surface area contributed by atoms with E-state index in [1.54, 1.807) is 17.4 Å². The molecule has 3 aliphatic heterocycles. The Labute approximate surface area is 149 Å². The van der Waals surface area contributed by atoms with Gasteiger partial charge >= 0.3 is 0 Å². The van der Waals surface area contributed by atoms with Gasteiger partial charge in [0.25, 0.3) is 0 Å². The number of aromatic nitrogens is 2. The molecule has 1 fully saturated rings. The van der Waals surface area contributed by atoms with Crippen LogP contribution in [0.25, 0.3) is 0 Å². The highest BCUT2D eigenvalue weighted by Crippen LogP contribution is 2.30. The Bertz CT molecular complexity index is 749. The summed E-state index contributed by atoms with van der Waals surface area (Å²) < 4.78 is 5.58. The molecule has 1 aromatic rings. The number of hydrogen-bond donors (Lipinski definition) is 5. The molecule has 0 aromatic carbocycles. The van der Waals surface area contributed by atoms with E-state index in [2.05, 4.69) is 24.9 Å². The normalized spacial score (nSPS) is 36.2. The molecule has 26 heavy (non-hydrogen) atoms. The lowest BCUT2D eigenvalue weighted by molar-refractivity contribution is -0.0688. The van der Waals surface area contributed by atoms with Gasteiger partial charge in [0.1, 0.15) is 37.0 Å². The number of rotatable bonds is 5. The molecule has 0 radical (unpaired) electrons. The molecule has 0 spiro atoms. The third kappa shape index (κ3) is 2.73. The average Bonchev–Trinajstić information content (AvgIpc) is 3.35. The van der Waals surface area contributed by atoms with Crippen molar-refractivity contribution >= 4 is 17.9 Å². The second-order valence-electron chi connectivity index (χ2n) is 6.55. The van der Waals surface area contributed by atoms with E-state index in [9.17, 15) is 15.3 Å². The van der Waals surface area contributed by atoms with Crippen LogP contribution in [0.1, 0.15) is 12.1 Å². The first-order valence-corrected chi connectivity index (χ1v) is 8.35. The van der Waals surface area contributed by atoms with Crippen LogP contribution in [-0.2, 0) is 11.2 Å². The lowest BCUT2D eigenvalue weighted by Crippen LogP contribution is -2.55. The molecular weight excluding hydrogens is 342 g/mol. The minimum absolute atomic E-state index is 0.174. The van der Waals surface area contributed by atoms with E-state index < -0.39 is 36.8 Å². The van der Waals surface area contributed by atoms with Crippen molar-refractivity contribution in [2.24, 2.45) is 20.7 Å². The van der Waals surface area contributed by atoms with Gasteiger partial charge in [-0.3, -0.25) is 4.99 Å². The van der Waals surface area contributed by atoms with Gasteiger partial charge in [-0.15, -0.1) is 0 Å². The lowest BCUT2D eigenvalue weighted by atomic mass is 9.96. The Kier molecular flexibility index (Phi) is 4.32. The van der Waals surface area contributed by atoms with Gasteiger partial charge in [0, 0.05) is 11.9 Å². The predicted molar refractivity (Wildman–Crippen MR) is 91.7 cm³/mol. The fourth-order valence-corrected chi connectivity index (χ4v) is 3.40. The van der Waals surface area contributed by atoms with Gasteiger partial charge in [0.05, 0.1) is 12.9 Å². The SMILES string of the molecule is NC1(CCc2cnc[nH]2)N=CN=C2C1=NCN2[C@@H]1O[C@H](CO)[C@@H](O)[C@H]1O. The monoisotopic (exact) mass is 363 g/mol. The summed E-state index contributed by atoms with van der Waals surface area (Å²) in [7, 11) is 0. The second kappa shape index (κ2) is 6.52. The number of aryl methyl sites for hydroxylation is 1. The zero-order valence-corrected chi connectivity index (χ0v) is 13.9. The van der Waals surface area contributed by atoms with Crippen LogP contribution >= 0.6 is 0 Å². The summed E-state index contributed by atoms with van der Waals surface area (Å²) in [5.74, 6) is 0.460. The number of nitrogens with one attached hydrogen (secondary N) is 1. The summed E-state index contributed by atoms with van der Waals surface area (Å²) in [5.41, 5.74) is 6.88. The van der Waals surface area contributed by atoms with E-state index in [1.807, 2.05) is 0 Å². The molecule has 5 atom stereocenters. The van der Waals surface area contributed by atoms with E-state index >= 15 is 0 Å². The van der Waals surface area contributed by atoms with Crippen LogP contribution in [0.3, 0.4) is 0 Å². The number of H-pyrrole nitrogens is 1. The smallest absolute Gasteiger partial charge is 0.162 e. The molecule has 4 rings (SSSR count). The summed E-state index contributed by atoms with van der Waals surface area (Å²) in [6, 6.07) is 0. The van der Waals surface area contributed by atoms with Crippen LogP contribution in [0.5, 0.6) is 0 Å². The predicted octanol–water partition coefficient (Wildman–Crippen LogP) is -2.41. The number of aliphatic imine (C=N–C) groups is 3. The third-order valence-corrected chi connectivity index (χ3v) is 4.90. The van der Waals surface area contributed by atoms with E-state index in [0.29, 0.717) is 24.4 Å². The van der Waals surface area contributed by atoms with Crippen LogP contribution in [-0.4, -0.2) is 91.6 Å². The maximum Gasteiger partial charge on any atom is 0.162 e. The van der Waals surface area contributed by atoms with Gasteiger partial charge in [0.15, 0.2) is 17.7 Å². The van der Waals surface area contributed by atoms with Crippen LogP contribution in [0, 0.1) is 0 Å². The standard InChI is InChI=1S/C15H21N7O4/c16-15(2-1-8-3-17-5-18-8)12-13(19-6-21-15)22(7-20-12)14-11(25)10(24)9(4-23)26-14/h3,5-6,9-11,14,23-25H,1-2,4,7,16H2,(H,17,18)/t9-,10-,11-,14-,15?/m1/s1. The van der Waals surface area contributed by atoms with Crippen molar-refractivity contribution in [3.63, 3.8) is 0 Å². The Balaban J connectivity index is 1.51. The van der Waals surface area contributed by atoms with Crippen LogP contribution < -0.4 is 5.73 Å². The number of nitrogens with zero attached hydrogens (tertiary/aromatic N) is 5. The molecule has 4 heterocycles. The summed E-state index contributed by atoms with van der Waals surface area (Å²) in [6.45, 7) is -0.220. The van der Waals surface area contributed by atoms with Crippen molar-refractivity contribution < 1.29 is 20.1 Å². The van der Waals surface area contributed by atoms with Gasteiger partial charge in [-0.05, 0) is 12.8 Å². The number of hydrogen-bond acceptors (Lipinski definition) is 10. The summed E-state index contributed by atoms with van der Waals surface area (Å²) >= 11 is 0. The third-order valence-electron chi connectivity index (χ3n) is 4.90. The molecule has 0 aliphatic carbocycles. The van der Waals surface area contributed by atoms with Crippen molar-refractivity contribution in [3.05, 3.63) is 18.2 Å². The number of ether oxygens (including phenoxy) is 1. The Morgan fingerprint density at radius 2 is 2.23 bits per heavy atom. The van der Waals surface area contributed by atoms with E-state index in [0.717, 1.165) is 5.69 Å². The summed E-state index contributed by atoms with van der Waals surface area (Å²) in [5, 5.41) is 29.5. The Morgan fingerprint density at radius 1 is 1.38 bits per heavy atom. The van der Waals surface area contributed by atoms with Crippen molar-refractivity contribution in [2.45, 2.75) is 43.0 Å². The fourth-order valence-electron chi connectivity index (χ4n) is 3.40. The maximum atomic E-state index is 10.3. The molecule has 0 amide bonds. The first-order chi connectivity index (χ1) is 12.5. The number of fused-ring (bicyclic) bond motifs is 1. The van der Waals surface area contributed by atoms with Crippen LogP contribution in [0.15, 0.2) is 27.5 Å². The van der Waals surface area contributed by atoms with E-state index in [4.69, 9.17) is 10.5 Å². The molecular formula is C15H21N7O4. The highest BCUT2D eigenvalue weighted by Gasteiger charge is 2.50. The number of aromatic amines is 1. The van der Waals surface area contributed by atoms with Crippen LogP contribution in [0.4, 0.5) is 0 Å². The molecule has 1 aromatic heterocycles. The first-order valence-electron chi connectivity index (χ1n) is 8.35. The average molecular weight is 363 g/mol. The molecule has 1 saturated heterocycles. The number of imidazole rings is 1. The van der Waals surface area contributed by atoms with Crippen molar-refractivity contribution in [3.8, 4) is 0 Å². The van der Waals surface area contributed by atoms with Gasteiger partial charge in [-0.25, -0.2) is 15.0 Å². The molecule has 3 aliphatic rings. The van der Waals surface area contributed by atoms with Gasteiger partial charge in [0.2, 0.25) is 0 Å². The topological polar surface area (TPSA) is 165 Å². The minimum Gasteiger partial charge on any atom is -0.394 e. The largest absolute Gasteiger partial charge is 0.394 e. The molecule has 0 bridgehead atoms. The van der Waals surface area contributed by atoms with Gasteiger partial charge in [-0.2, -0.15) is 0 Å². The van der Waals surface area contributed by atoms with Crippen molar-refractivity contribution in [1.29, 1.82) is 0 Å². The maximum absolute atomic E-state index is 10.3. The summed E-state index contributed by atoms with van der Waals surface area (Å²) in [6.07, 6.45) is 1.72. The van der Waals surface area contributed by atoms with Crippen LogP contribution in [0.2, 0.25) is 0 Å². The Hall–Kier alpha value is -2.18. The highest BCUT2D eigenvalue weighted by molar-refractivity contribution is 6.47. The number of amidine groups is 1. The van der Waals surface area contributed by atoms with Gasteiger partial charge in [-0.1, -0.05) is 0 Å². The Morgan fingerprint density at radius 3 is 2.92 bits per heavy atom. The molecule has 6 N–H and O–H groups in total. The lowest BCUT2D eigenvalue weighted by Gasteiger charge is -2.32. The van der Waals surface area contributed by atoms with Gasteiger partial charge < -0.3 is 35.7 Å². The van der Waals surface area contributed by atoms with Crippen molar-refractivity contribution in [1.82, 2.24) is 14.9 Å². The van der Waals surface area contributed by atoms with E-state index in [1.165, 1.54) is 6.34 Å². The molecule has 11 heteroatoms. The molecule has 0 saturated carbocycles. The highest BCUT2D eigenvalue weighted by atomic mass is 16.6. The molecule has 11 nitrogen and oxygen atoms in total.